The van der Waals surface area contributed by atoms with Crippen molar-refractivity contribution in [3.8, 4) is 0 Å². The minimum atomic E-state index is -0.474. The van der Waals surface area contributed by atoms with Gasteiger partial charge in [-0.25, -0.2) is 5.48 Å². The molecule has 1 amide bonds. The van der Waals surface area contributed by atoms with Crippen molar-refractivity contribution in [1.29, 1.82) is 0 Å². The van der Waals surface area contributed by atoms with Crippen molar-refractivity contribution in [3.63, 3.8) is 0 Å². The van der Waals surface area contributed by atoms with Crippen LogP contribution >= 0.6 is 0 Å². The van der Waals surface area contributed by atoms with Crippen LogP contribution in [0.25, 0.3) is 0 Å². The van der Waals surface area contributed by atoms with E-state index in [0.717, 1.165) is 24.9 Å². The Bertz CT molecular complexity index is 553. The molecule has 1 saturated carbocycles. The van der Waals surface area contributed by atoms with Gasteiger partial charge in [0.05, 0.1) is 0 Å². The number of carbonyl (C=O) groups excluding carboxylic acids is 1. The van der Waals surface area contributed by atoms with Crippen LogP contribution in [0.5, 0.6) is 0 Å². The lowest BCUT2D eigenvalue weighted by atomic mass is 9.78. The van der Waals surface area contributed by atoms with Crippen LogP contribution in [0.3, 0.4) is 0 Å². The number of hydroxylamine groups is 1. The first-order valence-electron chi connectivity index (χ1n) is 8.86. The lowest BCUT2D eigenvalue weighted by Gasteiger charge is -2.29. The van der Waals surface area contributed by atoms with E-state index in [-0.39, 0.29) is 0 Å². The summed E-state index contributed by atoms with van der Waals surface area (Å²) in [6.45, 7) is 8.47. The molecule has 2 rings (SSSR count). The molecule has 0 heterocycles. The van der Waals surface area contributed by atoms with E-state index >= 15 is 0 Å². The normalized spacial score (nSPS) is 21.1. The monoisotopic (exact) mass is 330 g/mol. The van der Waals surface area contributed by atoms with Gasteiger partial charge in [-0.3, -0.25) is 10.0 Å². The third kappa shape index (κ3) is 5.77. The summed E-state index contributed by atoms with van der Waals surface area (Å²) in [6.07, 6.45) is 6.26. The number of rotatable bonds is 7. The second-order valence-electron chi connectivity index (χ2n) is 7.38. The molecular formula is C20H30N2O2. The maximum Gasteiger partial charge on any atom is 0.274 e. The second-order valence-corrected chi connectivity index (χ2v) is 7.38. The molecule has 0 aromatic heterocycles. The Balaban J connectivity index is 1.72. The predicted octanol–water partition coefficient (Wildman–Crippen LogP) is 4.01. The van der Waals surface area contributed by atoms with E-state index in [2.05, 4.69) is 25.5 Å². The summed E-state index contributed by atoms with van der Waals surface area (Å²) in [5.74, 6) is 1.13. The first kappa shape index (κ1) is 18.7. The number of nitrogens with zero attached hydrogens (tertiary/aromatic N) is 1. The molecule has 0 aliphatic heterocycles. The van der Waals surface area contributed by atoms with Crippen molar-refractivity contribution in [2.45, 2.75) is 45.6 Å². The minimum Gasteiger partial charge on any atom is -0.302 e. The van der Waals surface area contributed by atoms with Gasteiger partial charge >= 0.3 is 0 Å². The highest BCUT2D eigenvalue weighted by atomic mass is 16.5. The smallest absolute Gasteiger partial charge is 0.274 e. The summed E-state index contributed by atoms with van der Waals surface area (Å²) < 4.78 is 0. The maximum atomic E-state index is 11.3. The predicted molar refractivity (Wildman–Crippen MR) is 96.9 cm³/mol. The minimum absolute atomic E-state index is 0.468. The van der Waals surface area contributed by atoms with Gasteiger partial charge in [-0.15, -0.1) is 0 Å². The summed E-state index contributed by atoms with van der Waals surface area (Å²) in [5, 5.41) is 8.63. The SMILES string of the molecule is C=C1CC(C)CC(CCCN(C)Cc2ccc(C(=O)NO)cc2)C1. The Labute approximate surface area is 145 Å². The van der Waals surface area contributed by atoms with Crippen molar-refractivity contribution in [1.82, 2.24) is 10.4 Å². The van der Waals surface area contributed by atoms with Gasteiger partial charge < -0.3 is 4.90 Å². The number of hydrogen-bond donors (Lipinski definition) is 2. The van der Waals surface area contributed by atoms with Gasteiger partial charge in [0, 0.05) is 12.1 Å². The highest BCUT2D eigenvalue weighted by Gasteiger charge is 2.20. The molecule has 1 aliphatic carbocycles. The van der Waals surface area contributed by atoms with Gasteiger partial charge in [0.2, 0.25) is 0 Å². The zero-order chi connectivity index (χ0) is 17.5. The Morgan fingerprint density at radius 2 is 2.04 bits per heavy atom. The number of carbonyl (C=O) groups is 1. The molecule has 2 N–H and O–H groups in total. The largest absolute Gasteiger partial charge is 0.302 e. The molecule has 1 aromatic carbocycles. The maximum absolute atomic E-state index is 11.3. The number of allylic oxidation sites excluding steroid dienone is 1. The molecule has 0 saturated heterocycles. The number of benzene rings is 1. The van der Waals surface area contributed by atoms with Gasteiger partial charge in [-0.2, -0.15) is 0 Å². The molecular weight excluding hydrogens is 300 g/mol. The molecule has 24 heavy (non-hydrogen) atoms. The Hall–Kier alpha value is -1.65. The summed E-state index contributed by atoms with van der Waals surface area (Å²) in [6, 6.07) is 7.36. The van der Waals surface area contributed by atoms with E-state index in [4.69, 9.17) is 5.21 Å². The van der Waals surface area contributed by atoms with Crippen LogP contribution < -0.4 is 5.48 Å². The van der Waals surface area contributed by atoms with Crippen molar-refractivity contribution < 1.29 is 10.0 Å². The topological polar surface area (TPSA) is 52.6 Å². The fourth-order valence-electron chi connectivity index (χ4n) is 3.81. The molecule has 1 aromatic rings. The average Bonchev–Trinajstić information content (AvgIpc) is 2.54. The zero-order valence-electron chi connectivity index (χ0n) is 14.9. The third-order valence-corrected chi connectivity index (χ3v) is 4.87. The highest BCUT2D eigenvalue weighted by Crippen LogP contribution is 2.34. The number of amides is 1. The molecule has 2 unspecified atom stereocenters. The Morgan fingerprint density at radius 1 is 1.33 bits per heavy atom. The summed E-state index contributed by atoms with van der Waals surface area (Å²) >= 11 is 0. The zero-order valence-corrected chi connectivity index (χ0v) is 14.9. The van der Waals surface area contributed by atoms with Crippen molar-refractivity contribution in [3.05, 3.63) is 47.5 Å². The van der Waals surface area contributed by atoms with Gasteiger partial charge in [0.25, 0.3) is 5.91 Å². The number of nitrogens with one attached hydrogen (secondary N) is 1. The summed E-state index contributed by atoms with van der Waals surface area (Å²) in [7, 11) is 2.14. The highest BCUT2D eigenvalue weighted by molar-refractivity contribution is 5.93. The molecule has 0 radical (unpaired) electrons. The van der Waals surface area contributed by atoms with Crippen LogP contribution in [0.1, 0.15) is 54.9 Å². The molecule has 1 aliphatic rings. The van der Waals surface area contributed by atoms with Gasteiger partial charge in [-0.1, -0.05) is 31.2 Å². The van der Waals surface area contributed by atoms with E-state index in [1.54, 1.807) is 17.6 Å². The molecule has 1 fully saturated rings. The standard InChI is InChI=1S/C20H30N2O2/c1-15-11-16(2)13-18(12-15)5-4-10-22(3)14-17-6-8-19(9-7-17)20(23)21-24/h6-9,16,18,24H,1,4-5,10-14H2,2-3H3,(H,21,23). The van der Waals surface area contributed by atoms with Crippen LogP contribution in [-0.2, 0) is 6.54 Å². The summed E-state index contributed by atoms with van der Waals surface area (Å²) in [4.78, 5) is 13.6. The fourth-order valence-corrected chi connectivity index (χ4v) is 3.81. The Morgan fingerprint density at radius 3 is 2.67 bits per heavy atom. The second kappa shape index (κ2) is 9.00. The van der Waals surface area contributed by atoms with E-state index < -0.39 is 5.91 Å². The van der Waals surface area contributed by atoms with E-state index in [1.807, 2.05) is 12.1 Å². The van der Waals surface area contributed by atoms with Crippen molar-refractivity contribution in [2.24, 2.45) is 11.8 Å². The number of hydrogen-bond acceptors (Lipinski definition) is 3. The fraction of sp³-hybridized carbons (Fsp3) is 0.550. The summed E-state index contributed by atoms with van der Waals surface area (Å²) in [5.41, 5.74) is 4.72. The molecule has 2 atom stereocenters. The van der Waals surface area contributed by atoms with Crippen LogP contribution in [0.4, 0.5) is 0 Å². The lowest BCUT2D eigenvalue weighted by molar-refractivity contribution is 0.0706. The molecule has 4 nitrogen and oxygen atoms in total. The van der Waals surface area contributed by atoms with Crippen LogP contribution in [0, 0.1) is 11.8 Å². The van der Waals surface area contributed by atoms with Gasteiger partial charge in [-0.05, 0) is 75.2 Å². The molecule has 132 valence electrons. The van der Waals surface area contributed by atoms with E-state index in [1.165, 1.54) is 43.2 Å². The van der Waals surface area contributed by atoms with E-state index in [9.17, 15) is 4.79 Å². The van der Waals surface area contributed by atoms with Crippen LogP contribution in [0.15, 0.2) is 36.4 Å². The van der Waals surface area contributed by atoms with E-state index in [0.29, 0.717) is 5.56 Å². The lowest BCUT2D eigenvalue weighted by Crippen LogP contribution is -2.21. The van der Waals surface area contributed by atoms with Crippen LogP contribution in [0.2, 0.25) is 0 Å². The molecule has 0 spiro atoms. The Kier molecular flexibility index (Phi) is 7.00. The third-order valence-electron chi connectivity index (χ3n) is 4.87. The van der Waals surface area contributed by atoms with Crippen molar-refractivity contribution in [2.75, 3.05) is 13.6 Å². The first-order valence-corrected chi connectivity index (χ1v) is 8.86. The average molecular weight is 330 g/mol. The molecule has 0 bridgehead atoms. The van der Waals surface area contributed by atoms with Gasteiger partial charge in [0.1, 0.15) is 0 Å². The van der Waals surface area contributed by atoms with Crippen LogP contribution in [-0.4, -0.2) is 29.6 Å². The quantitative estimate of drug-likeness (QED) is 0.451. The first-order chi connectivity index (χ1) is 11.5. The van der Waals surface area contributed by atoms with Crippen molar-refractivity contribution >= 4 is 5.91 Å². The molecule has 4 heteroatoms. The van der Waals surface area contributed by atoms with Gasteiger partial charge in [0.15, 0.2) is 0 Å².